The van der Waals surface area contributed by atoms with E-state index in [1.165, 1.54) is 11.9 Å². The summed E-state index contributed by atoms with van der Waals surface area (Å²) in [6, 6.07) is 15.5. The molecular formula is C38H44N10O4S. The summed E-state index contributed by atoms with van der Waals surface area (Å²) in [5.74, 6) is -0.0593. The summed E-state index contributed by atoms with van der Waals surface area (Å²) in [6.07, 6.45) is 13.2. The van der Waals surface area contributed by atoms with Crippen LogP contribution in [0.2, 0.25) is 0 Å². The number of carbonyl (C=O) groups is 2. The number of rotatable bonds is 10. The van der Waals surface area contributed by atoms with Gasteiger partial charge in [-0.05, 0) is 43.0 Å². The van der Waals surface area contributed by atoms with E-state index in [-0.39, 0.29) is 22.6 Å². The van der Waals surface area contributed by atoms with Gasteiger partial charge in [-0.3, -0.25) is 28.9 Å². The Kier molecular flexibility index (Phi) is 9.70. The number of hydrogen-bond acceptors (Lipinski definition) is 11. The van der Waals surface area contributed by atoms with Gasteiger partial charge in [0.2, 0.25) is 11.8 Å². The Balaban J connectivity index is 0.805. The maximum atomic E-state index is 12.5. The van der Waals surface area contributed by atoms with E-state index in [2.05, 4.69) is 57.2 Å². The fourth-order valence-electron chi connectivity index (χ4n) is 7.80. The molecule has 2 aromatic carbocycles. The van der Waals surface area contributed by atoms with Crippen LogP contribution < -0.4 is 15.5 Å². The van der Waals surface area contributed by atoms with E-state index in [1.54, 1.807) is 36.8 Å². The number of likely N-dealkylation sites (tertiary alicyclic amines) is 1. The number of benzene rings is 2. The van der Waals surface area contributed by atoms with Crippen molar-refractivity contribution in [2.24, 2.45) is 0 Å². The lowest BCUT2D eigenvalue weighted by atomic mass is 9.90. The second-order valence-corrected chi connectivity index (χ2v) is 16.2. The number of amides is 2. The number of imidazole rings is 1. The van der Waals surface area contributed by atoms with Crippen LogP contribution in [0.4, 0.5) is 17.2 Å². The molecule has 0 radical (unpaired) electrons. The summed E-state index contributed by atoms with van der Waals surface area (Å²) >= 11 is 0. The number of carbonyl (C=O) groups excluding carboxylic acids is 2. The number of sulfone groups is 1. The Bertz CT molecular complexity index is 2220. The summed E-state index contributed by atoms with van der Waals surface area (Å²) in [7, 11) is -3.44. The van der Waals surface area contributed by atoms with Gasteiger partial charge in [0.15, 0.2) is 21.3 Å². The minimum absolute atomic E-state index is 0.183. The molecule has 0 spiro atoms. The maximum Gasteiger partial charge on any atom is 0.234 e. The van der Waals surface area contributed by atoms with Gasteiger partial charge in [-0.2, -0.15) is 5.10 Å². The smallest absolute Gasteiger partial charge is 0.234 e. The third-order valence-electron chi connectivity index (χ3n) is 10.8. The van der Waals surface area contributed by atoms with Crippen LogP contribution in [0.15, 0.2) is 84.4 Å². The van der Waals surface area contributed by atoms with Crippen LogP contribution in [0.3, 0.4) is 0 Å². The normalized spacial score (nSPS) is 19.5. The summed E-state index contributed by atoms with van der Waals surface area (Å²) < 4.78 is 28.9. The van der Waals surface area contributed by atoms with Gasteiger partial charge < -0.3 is 15.1 Å². The van der Waals surface area contributed by atoms with E-state index in [4.69, 9.17) is 0 Å². The first-order chi connectivity index (χ1) is 25.7. The van der Waals surface area contributed by atoms with Crippen molar-refractivity contribution in [1.82, 2.24) is 39.3 Å². The average molecular weight is 737 g/mol. The third kappa shape index (κ3) is 7.54. The number of hydrogen-bond donors (Lipinski definition) is 2. The number of aromatic nitrogens is 5. The first kappa shape index (κ1) is 34.9. The van der Waals surface area contributed by atoms with Crippen molar-refractivity contribution < 1.29 is 18.0 Å². The number of nitrogens with one attached hydrogen (secondary N) is 2. The third-order valence-corrected chi connectivity index (χ3v) is 11.9. The molecule has 0 aliphatic carbocycles. The summed E-state index contributed by atoms with van der Waals surface area (Å²) in [6.45, 7) is 8.14. The van der Waals surface area contributed by atoms with E-state index in [9.17, 15) is 18.0 Å². The second kappa shape index (κ2) is 14.7. The minimum Gasteiger partial charge on any atom is -0.369 e. The molecule has 1 atom stereocenters. The molecule has 3 fully saturated rings. The largest absolute Gasteiger partial charge is 0.369 e. The van der Waals surface area contributed by atoms with Crippen LogP contribution in [0.1, 0.15) is 43.2 Å². The van der Waals surface area contributed by atoms with Crippen molar-refractivity contribution >= 4 is 44.5 Å². The number of anilines is 3. The van der Waals surface area contributed by atoms with Crippen molar-refractivity contribution in [1.29, 1.82) is 0 Å². The predicted octanol–water partition coefficient (Wildman–Crippen LogP) is 3.72. The molecule has 3 aliphatic rings. The SMILES string of the molecule is CS(=O)(=O)c1ccccc1-c1cnc(Nc2cnn(C3CCN(CCN4CCN(c5ccc(C6CCC(=O)NC6=O)cc5)CC4)CC3)c2)c2nccn12. The van der Waals surface area contributed by atoms with Gasteiger partial charge in [-0.15, -0.1) is 0 Å². The number of fused-ring (bicyclic) bond motifs is 1. The second-order valence-electron chi connectivity index (χ2n) is 14.2. The van der Waals surface area contributed by atoms with Gasteiger partial charge in [-0.1, -0.05) is 30.3 Å². The highest BCUT2D eigenvalue weighted by atomic mass is 32.2. The average Bonchev–Trinajstić information content (AvgIpc) is 3.86. The molecule has 276 valence electrons. The van der Waals surface area contributed by atoms with Crippen molar-refractivity contribution in [2.45, 2.75) is 42.5 Å². The zero-order valence-corrected chi connectivity index (χ0v) is 30.6. The van der Waals surface area contributed by atoms with Gasteiger partial charge in [-0.25, -0.2) is 18.4 Å². The maximum absolute atomic E-state index is 12.5. The van der Waals surface area contributed by atoms with Crippen LogP contribution in [0.25, 0.3) is 16.9 Å². The number of piperidine rings is 2. The molecule has 2 N–H and O–H groups in total. The van der Waals surface area contributed by atoms with Crippen LogP contribution >= 0.6 is 0 Å². The number of piperazine rings is 1. The van der Waals surface area contributed by atoms with Crippen LogP contribution in [-0.2, 0) is 19.4 Å². The Labute approximate surface area is 308 Å². The molecule has 6 heterocycles. The van der Waals surface area contributed by atoms with E-state index in [0.717, 1.165) is 76.5 Å². The molecule has 2 amide bonds. The number of nitrogens with zero attached hydrogens (tertiary/aromatic N) is 8. The molecular weight excluding hydrogens is 693 g/mol. The lowest BCUT2D eigenvalue weighted by Gasteiger charge is -2.38. The molecule has 14 nitrogen and oxygen atoms in total. The molecule has 5 aromatic rings. The minimum atomic E-state index is -3.44. The lowest BCUT2D eigenvalue weighted by molar-refractivity contribution is -0.134. The topological polar surface area (TPSA) is 150 Å². The fraction of sp³-hybridized carbons (Fsp3) is 0.395. The van der Waals surface area contributed by atoms with Crippen LogP contribution in [-0.4, -0.2) is 113 Å². The Morgan fingerprint density at radius 3 is 2.34 bits per heavy atom. The number of imide groups is 1. The molecule has 8 rings (SSSR count). The van der Waals surface area contributed by atoms with Crippen molar-refractivity contribution in [3.05, 3.63) is 85.1 Å². The zero-order chi connectivity index (χ0) is 36.5. The monoisotopic (exact) mass is 736 g/mol. The molecule has 0 saturated carbocycles. The van der Waals surface area contributed by atoms with E-state index >= 15 is 0 Å². The first-order valence-electron chi connectivity index (χ1n) is 18.3. The van der Waals surface area contributed by atoms with Gasteiger partial charge in [0.05, 0.1) is 40.6 Å². The van der Waals surface area contributed by atoms with Gasteiger partial charge >= 0.3 is 0 Å². The van der Waals surface area contributed by atoms with Gasteiger partial charge in [0.1, 0.15) is 0 Å². The highest BCUT2D eigenvalue weighted by Crippen LogP contribution is 2.31. The molecule has 15 heteroatoms. The van der Waals surface area contributed by atoms with E-state index < -0.39 is 9.84 Å². The van der Waals surface area contributed by atoms with Gasteiger partial charge in [0.25, 0.3) is 0 Å². The Morgan fingerprint density at radius 1 is 0.868 bits per heavy atom. The Hall–Kier alpha value is -5.12. The van der Waals surface area contributed by atoms with Crippen molar-refractivity contribution in [2.75, 3.05) is 68.8 Å². The first-order valence-corrected chi connectivity index (χ1v) is 20.1. The van der Waals surface area contributed by atoms with Gasteiger partial charge in [0, 0.05) is 94.9 Å². The van der Waals surface area contributed by atoms with E-state index in [0.29, 0.717) is 41.6 Å². The van der Waals surface area contributed by atoms with Crippen molar-refractivity contribution in [3.8, 4) is 11.3 Å². The molecule has 3 aromatic heterocycles. The summed E-state index contributed by atoms with van der Waals surface area (Å²) in [5, 5.41) is 10.5. The van der Waals surface area contributed by atoms with Crippen LogP contribution in [0, 0.1) is 0 Å². The molecule has 53 heavy (non-hydrogen) atoms. The zero-order valence-electron chi connectivity index (χ0n) is 29.8. The summed E-state index contributed by atoms with van der Waals surface area (Å²) in [5.41, 5.74) is 4.78. The van der Waals surface area contributed by atoms with Crippen LogP contribution in [0.5, 0.6) is 0 Å². The standard InChI is InChI=1S/C38H44N10O4S/c1-53(51,52)34-5-3-2-4-32(34)33-25-40-36(37-39-14-17-47(33)37)42-28-24-41-48(26-28)30-12-15-44(16-13-30)18-19-45-20-22-46(23-21-45)29-8-6-27(7-9-29)31-10-11-35(49)43-38(31)50/h2-9,14,17,24-26,30-31H,10-13,15-16,18-23H2,1H3,(H,40,42)(H,43,49,50). The lowest BCUT2D eigenvalue weighted by Crippen LogP contribution is -2.49. The highest BCUT2D eigenvalue weighted by Gasteiger charge is 2.28. The molecule has 0 bridgehead atoms. The highest BCUT2D eigenvalue weighted by molar-refractivity contribution is 7.90. The van der Waals surface area contributed by atoms with E-state index in [1.807, 2.05) is 35.0 Å². The molecule has 3 aliphatic heterocycles. The summed E-state index contributed by atoms with van der Waals surface area (Å²) in [4.78, 5) is 40.7. The molecule has 1 unspecified atom stereocenters. The Morgan fingerprint density at radius 2 is 1.60 bits per heavy atom. The fourth-order valence-corrected chi connectivity index (χ4v) is 8.69. The molecule has 3 saturated heterocycles. The van der Waals surface area contributed by atoms with Crippen molar-refractivity contribution in [3.63, 3.8) is 0 Å². The predicted molar refractivity (Wildman–Crippen MR) is 202 cm³/mol. The quantitative estimate of drug-likeness (QED) is 0.202.